The molecule has 0 radical (unpaired) electrons. The maximum Gasteiger partial charge on any atom is 0.263 e. The number of hydrogen-bond acceptors (Lipinski definition) is 7. The van der Waals surface area contributed by atoms with Crippen LogP contribution in [-0.2, 0) is 22.9 Å². The monoisotopic (exact) mass is 482 g/mol. The fourth-order valence-corrected chi connectivity index (χ4v) is 5.21. The van der Waals surface area contributed by atoms with Crippen LogP contribution in [0.2, 0.25) is 0 Å². The van der Waals surface area contributed by atoms with Gasteiger partial charge in [0.15, 0.2) is 0 Å². The van der Waals surface area contributed by atoms with E-state index in [9.17, 15) is 13.7 Å². The molecule has 3 N–H and O–H groups in total. The molecule has 35 heavy (non-hydrogen) atoms. The molecule has 2 heterocycles. The Balaban J connectivity index is 1.57. The van der Waals surface area contributed by atoms with Gasteiger partial charge < -0.3 is 10.6 Å². The van der Waals surface area contributed by atoms with Gasteiger partial charge in [-0.25, -0.2) is 13.4 Å². The van der Waals surface area contributed by atoms with Gasteiger partial charge in [-0.05, 0) is 73.4 Å². The van der Waals surface area contributed by atoms with Gasteiger partial charge in [-0.3, -0.25) is 4.72 Å². The second-order valence-corrected chi connectivity index (χ2v) is 9.91. The molecule has 1 aliphatic heterocycles. The predicted octanol–water partition coefficient (Wildman–Crippen LogP) is 5.04. The Morgan fingerprint density at radius 3 is 2.66 bits per heavy atom. The molecule has 9 heteroatoms. The molecule has 5 rings (SSSR count). The van der Waals surface area contributed by atoms with E-state index in [0.29, 0.717) is 30.3 Å². The Kier molecular flexibility index (Phi) is 5.81. The lowest BCUT2D eigenvalue weighted by molar-refractivity contribution is 0.601. The van der Waals surface area contributed by atoms with E-state index >= 15 is 0 Å². The number of aryl methyl sites for hydroxylation is 3. The van der Waals surface area contributed by atoms with Crippen LogP contribution >= 0.6 is 0 Å². The minimum absolute atomic E-state index is 0.0514. The van der Waals surface area contributed by atoms with Crippen LogP contribution in [0.15, 0.2) is 77.8 Å². The molecule has 0 aliphatic carbocycles. The quantitative estimate of drug-likeness (QED) is 0.374. The van der Waals surface area contributed by atoms with Crippen LogP contribution in [0.5, 0.6) is 0 Å². The van der Waals surface area contributed by atoms with Gasteiger partial charge in [-0.1, -0.05) is 24.3 Å². The van der Waals surface area contributed by atoms with Crippen LogP contribution in [0.1, 0.15) is 22.3 Å². The highest BCUT2D eigenvalue weighted by Gasteiger charge is 2.20. The summed E-state index contributed by atoms with van der Waals surface area (Å²) in [6.45, 7) is 1.92. The summed E-state index contributed by atoms with van der Waals surface area (Å²) in [4.78, 5) is 8.94. The molecule has 0 spiro atoms. The summed E-state index contributed by atoms with van der Waals surface area (Å²) < 4.78 is 29.0. The van der Waals surface area contributed by atoms with Crippen molar-refractivity contribution in [3.05, 3.63) is 95.2 Å². The molecule has 0 saturated carbocycles. The Hall–Kier alpha value is -4.42. The number of fused-ring (bicyclic) bond motifs is 6. The fourth-order valence-electron chi connectivity index (χ4n) is 3.95. The number of hydrogen-bond donors (Lipinski definition) is 3. The van der Waals surface area contributed by atoms with Crippen molar-refractivity contribution in [2.45, 2.75) is 24.7 Å². The van der Waals surface area contributed by atoms with Crippen LogP contribution in [0.25, 0.3) is 0 Å². The van der Waals surface area contributed by atoms with E-state index in [-0.39, 0.29) is 10.5 Å². The molecular weight excluding hydrogens is 460 g/mol. The van der Waals surface area contributed by atoms with Crippen molar-refractivity contribution in [1.29, 1.82) is 5.26 Å². The summed E-state index contributed by atoms with van der Waals surface area (Å²) in [5.41, 5.74) is 4.99. The minimum Gasteiger partial charge on any atom is -0.340 e. The van der Waals surface area contributed by atoms with Gasteiger partial charge in [0.05, 0.1) is 11.3 Å². The first-order valence-corrected chi connectivity index (χ1v) is 12.5. The van der Waals surface area contributed by atoms with Gasteiger partial charge in [-0.15, -0.1) is 0 Å². The summed E-state index contributed by atoms with van der Waals surface area (Å²) in [7, 11) is -3.96. The van der Waals surface area contributed by atoms with Gasteiger partial charge in [0.2, 0.25) is 5.95 Å². The number of nitrogens with zero attached hydrogens (tertiary/aromatic N) is 3. The molecular formula is C26H22N6O2S. The third kappa shape index (κ3) is 4.78. The highest BCUT2D eigenvalue weighted by atomic mass is 32.2. The molecule has 0 unspecified atom stereocenters. The number of nitrogens with one attached hydrogen (secondary N) is 3. The van der Waals surface area contributed by atoms with Crippen molar-refractivity contribution < 1.29 is 8.42 Å². The van der Waals surface area contributed by atoms with E-state index < -0.39 is 10.0 Å². The maximum absolute atomic E-state index is 13.2. The predicted molar refractivity (Wildman–Crippen MR) is 136 cm³/mol. The molecule has 6 bridgehead atoms. The fraction of sp³-hybridized carbons (Fsp3) is 0.115. The number of benzene rings is 3. The van der Waals surface area contributed by atoms with Crippen molar-refractivity contribution >= 4 is 38.9 Å². The molecule has 0 fully saturated rings. The Labute approximate surface area is 203 Å². The lowest BCUT2D eigenvalue weighted by Crippen LogP contribution is -2.16. The summed E-state index contributed by atoms with van der Waals surface area (Å²) in [6, 6.07) is 21.5. The summed E-state index contributed by atoms with van der Waals surface area (Å²) >= 11 is 0. The normalized spacial score (nSPS) is 12.6. The number of rotatable bonds is 3. The zero-order chi connectivity index (χ0) is 24.4. The van der Waals surface area contributed by atoms with E-state index in [1.807, 2.05) is 43.3 Å². The van der Waals surface area contributed by atoms with Gasteiger partial charge in [0.1, 0.15) is 16.8 Å². The Morgan fingerprint density at radius 2 is 1.80 bits per heavy atom. The van der Waals surface area contributed by atoms with E-state index in [1.54, 1.807) is 30.5 Å². The van der Waals surface area contributed by atoms with Crippen LogP contribution in [0.4, 0.5) is 28.8 Å². The SMILES string of the molecule is Cc1cnc2nc1Nc1ccc(NS(=O)(=O)c3ccccc3C#N)c(c1)CCc1cccc(c1)N2. The van der Waals surface area contributed by atoms with Gasteiger partial charge in [0.25, 0.3) is 10.0 Å². The number of nitriles is 1. The summed E-state index contributed by atoms with van der Waals surface area (Å²) in [5.74, 6) is 1.13. The smallest absolute Gasteiger partial charge is 0.263 e. The number of anilines is 5. The highest BCUT2D eigenvalue weighted by molar-refractivity contribution is 7.92. The van der Waals surface area contributed by atoms with Crippen molar-refractivity contribution in [1.82, 2.24) is 9.97 Å². The van der Waals surface area contributed by atoms with Crippen LogP contribution in [-0.4, -0.2) is 18.4 Å². The summed E-state index contributed by atoms with van der Waals surface area (Å²) in [5, 5.41) is 15.9. The number of sulfonamides is 1. The van der Waals surface area contributed by atoms with E-state index in [4.69, 9.17) is 0 Å². The van der Waals surface area contributed by atoms with Crippen LogP contribution < -0.4 is 15.4 Å². The van der Waals surface area contributed by atoms with Crippen molar-refractivity contribution in [2.24, 2.45) is 0 Å². The molecule has 3 aromatic carbocycles. The van der Waals surface area contributed by atoms with Crippen molar-refractivity contribution in [3.8, 4) is 6.07 Å². The minimum atomic E-state index is -3.96. The maximum atomic E-state index is 13.2. The molecule has 0 amide bonds. The summed E-state index contributed by atoms with van der Waals surface area (Å²) in [6.07, 6.45) is 3.04. The molecule has 8 nitrogen and oxygen atoms in total. The highest BCUT2D eigenvalue weighted by Crippen LogP contribution is 2.29. The van der Waals surface area contributed by atoms with Gasteiger partial charge >= 0.3 is 0 Å². The molecule has 0 saturated heterocycles. The van der Waals surface area contributed by atoms with Crippen molar-refractivity contribution in [3.63, 3.8) is 0 Å². The average Bonchev–Trinajstić information content (AvgIpc) is 2.86. The molecule has 1 aromatic heterocycles. The largest absolute Gasteiger partial charge is 0.340 e. The zero-order valence-electron chi connectivity index (χ0n) is 18.9. The lowest BCUT2D eigenvalue weighted by atomic mass is 10.0. The molecule has 1 aliphatic rings. The van der Waals surface area contributed by atoms with Crippen LogP contribution in [0, 0.1) is 18.3 Å². The lowest BCUT2D eigenvalue weighted by Gasteiger charge is -2.16. The zero-order valence-corrected chi connectivity index (χ0v) is 19.7. The third-order valence-electron chi connectivity index (χ3n) is 5.75. The number of aromatic nitrogens is 2. The van der Waals surface area contributed by atoms with Gasteiger partial charge in [0, 0.05) is 23.1 Å². The Bertz CT molecular complexity index is 1580. The first kappa shape index (κ1) is 22.4. The second-order valence-electron chi connectivity index (χ2n) is 8.26. The van der Waals surface area contributed by atoms with Crippen molar-refractivity contribution in [2.75, 3.05) is 15.4 Å². The molecule has 4 aromatic rings. The molecule has 174 valence electrons. The standard InChI is InChI=1S/C26H22N6O2S/c1-17-16-28-26-30-21-7-4-5-18(13-21)9-10-19-14-22(29-25(17)31-26)11-12-23(19)32-35(33,34)24-8-3-2-6-20(24)15-27/h2-8,11-14,16,32H,9-10H2,1H3,(H2,28,29,30,31). The van der Waals surface area contributed by atoms with E-state index in [2.05, 4.69) is 25.3 Å². The third-order valence-corrected chi connectivity index (χ3v) is 7.17. The first-order chi connectivity index (χ1) is 16.9. The Morgan fingerprint density at radius 1 is 0.971 bits per heavy atom. The van der Waals surface area contributed by atoms with E-state index in [1.165, 1.54) is 12.1 Å². The molecule has 0 atom stereocenters. The topological polar surface area (TPSA) is 120 Å². The average molecular weight is 483 g/mol. The first-order valence-electron chi connectivity index (χ1n) is 11.0. The van der Waals surface area contributed by atoms with Crippen LogP contribution in [0.3, 0.4) is 0 Å². The van der Waals surface area contributed by atoms with E-state index in [0.717, 1.165) is 28.1 Å². The van der Waals surface area contributed by atoms with Gasteiger partial charge in [-0.2, -0.15) is 10.2 Å². The second kappa shape index (κ2) is 9.08.